The molecule has 2 N–H and O–H groups in total. The first kappa shape index (κ1) is 16.9. The van der Waals surface area contributed by atoms with Gasteiger partial charge in [-0.25, -0.2) is 0 Å². The van der Waals surface area contributed by atoms with Gasteiger partial charge >= 0.3 is 0 Å². The van der Waals surface area contributed by atoms with Gasteiger partial charge in [-0.05, 0) is 37.6 Å². The van der Waals surface area contributed by atoms with Gasteiger partial charge in [0.15, 0.2) is 0 Å². The highest BCUT2D eigenvalue weighted by atomic mass is 16.5. The third-order valence-electron chi connectivity index (χ3n) is 3.96. The van der Waals surface area contributed by atoms with Crippen molar-refractivity contribution >= 4 is 0 Å². The summed E-state index contributed by atoms with van der Waals surface area (Å²) in [7, 11) is 0. The summed E-state index contributed by atoms with van der Waals surface area (Å²) in [6.45, 7) is 7.39. The quantitative estimate of drug-likeness (QED) is 0.568. The second-order valence-electron chi connectivity index (χ2n) is 6.41. The van der Waals surface area contributed by atoms with E-state index in [0.29, 0.717) is 13.2 Å². The van der Waals surface area contributed by atoms with Crippen molar-refractivity contribution < 1.29 is 9.84 Å². The molecule has 0 radical (unpaired) electrons. The molecular weight excluding hydrogens is 238 g/mol. The number of hydrogen-bond acceptors (Lipinski definition) is 3. The normalized spacial score (nSPS) is 18.3. The van der Waals surface area contributed by atoms with Crippen LogP contribution in [0.25, 0.3) is 0 Å². The Bertz CT molecular complexity index is 203. The van der Waals surface area contributed by atoms with Crippen LogP contribution in [0.4, 0.5) is 0 Å². The molecule has 1 saturated carbocycles. The first-order valence-electron chi connectivity index (χ1n) is 8.15. The van der Waals surface area contributed by atoms with Crippen LogP contribution in [0.15, 0.2) is 0 Å². The zero-order chi connectivity index (χ0) is 13.9. The van der Waals surface area contributed by atoms with Crippen LogP contribution in [-0.4, -0.2) is 37.5 Å². The van der Waals surface area contributed by atoms with Crippen molar-refractivity contribution in [1.82, 2.24) is 5.32 Å². The Morgan fingerprint density at radius 2 is 2.00 bits per heavy atom. The average Bonchev–Trinajstić information content (AvgIpc) is 2.87. The highest BCUT2D eigenvalue weighted by Gasteiger charge is 2.14. The smallest absolute Gasteiger partial charge is 0.0897 e. The average molecular weight is 271 g/mol. The van der Waals surface area contributed by atoms with Crippen LogP contribution in [0.1, 0.15) is 58.8 Å². The summed E-state index contributed by atoms with van der Waals surface area (Å²) in [5.74, 6) is 1.67. The fourth-order valence-electron chi connectivity index (χ4n) is 2.75. The predicted octanol–water partition coefficient (Wildman–Crippen LogP) is 2.97. The van der Waals surface area contributed by atoms with Crippen LogP contribution in [0, 0.1) is 11.8 Å². The molecule has 0 aromatic rings. The molecular formula is C16H33NO2. The number of rotatable bonds is 11. The van der Waals surface area contributed by atoms with E-state index in [1.807, 2.05) is 0 Å². The zero-order valence-electron chi connectivity index (χ0n) is 12.9. The molecule has 114 valence electrons. The van der Waals surface area contributed by atoms with Gasteiger partial charge in [0.1, 0.15) is 0 Å². The molecule has 0 heterocycles. The Kier molecular flexibility index (Phi) is 9.48. The molecule has 0 aliphatic heterocycles. The Morgan fingerprint density at radius 1 is 1.26 bits per heavy atom. The molecule has 0 aromatic heterocycles. The van der Waals surface area contributed by atoms with Gasteiger partial charge in [-0.15, -0.1) is 0 Å². The lowest BCUT2D eigenvalue weighted by Crippen LogP contribution is -2.31. The molecule has 1 unspecified atom stereocenters. The van der Waals surface area contributed by atoms with E-state index in [0.717, 1.165) is 31.4 Å². The first-order chi connectivity index (χ1) is 9.18. The Balaban J connectivity index is 1.83. The number of nitrogens with one attached hydrogen (secondary N) is 1. The van der Waals surface area contributed by atoms with Crippen LogP contribution in [0.3, 0.4) is 0 Å². The van der Waals surface area contributed by atoms with Crippen molar-refractivity contribution in [2.45, 2.75) is 64.9 Å². The second-order valence-corrected chi connectivity index (χ2v) is 6.41. The lowest BCUT2D eigenvalue weighted by molar-refractivity contribution is 0.0347. The lowest BCUT2D eigenvalue weighted by atomic mass is 10.0. The summed E-state index contributed by atoms with van der Waals surface area (Å²) in [5.41, 5.74) is 0. The Hall–Kier alpha value is -0.120. The minimum absolute atomic E-state index is 0.359. The van der Waals surface area contributed by atoms with Gasteiger partial charge in [0.25, 0.3) is 0 Å². The van der Waals surface area contributed by atoms with Crippen molar-refractivity contribution in [2.75, 3.05) is 26.3 Å². The molecule has 1 aliphatic carbocycles. The van der Waals surface area contributed by atoms with E-state index in [2.05, 4.69) is 19.2 Å². The SMILES string of the molecule is CC(C)CCCOCC(O)CNCCC1CCCC1. The number of aliphatic hydroxyl groups is 1. The maximum absolute atomic E-state index is 9.76. The summed E-state index contributed by atoms with van der Waals surface area (Å²) < 4.78 is 5.49. The summed E-state index contributed by atoms with van der Waals surface area (Å²) in [4.78, 5) is 0. The van der Waals surface area contributed by atoms with E-state index >= 15 is 0 Å². The maximum Gasteiger partial charge on any atom is 0.0897 e. The van der Waals surface area contributed by atoms with Crippen molar-refractivity contribution in [1.29, 1.82) is 0 Å². The van der Waals surface area contributed by atoms with E-state index in [1.54, 1.807) is 0 Å². The molecule has 1 rings (SSSR count). The van der Waals surface area contributed by atoms with Crippen molar-refractivity contribution in [3.63, 3.8) is 0 Å². The molecule has 3 heteroatoms. The van der Waals surface area contributed by atoms with Crippen molar-refractivity contribution in [3.8, 4) is 0 Å². The van der Waals surface area contributed by atoms with Crippen molar-refractivity contribution in [2.24, 2.45) is 11.8 Å². The van der Waals surface area contributed by atoms with Crippen LogP contribution in [-0.2, 0) is 4.74 Å². The fraction of sp³-hybridized carbons (Fsp3) is 1.00. The van der Waals surface area contributed by atoms with Gasteiger partial charge in [-0.1, -0.05) is 39.5 Å². The molecule has 0 spiro atoms. The number of ether oxygens (including phenoxy) is 1. The largest absolute Gasteiger partial charge is 0.389 e. The third kappa shape index (κ3) is 9.42. The van der Waals surface area contributed by atoms with Gasteiger partial charge in [0, 0.05) is 13.2 Å². The molecule has 1 fully saturated rings. The van der Waals surface area contributed by atoms with Gasteiger partial charge in [-0.3, -0.25) is 0 Å². The summed E-state index contributed by atoms with van der Waals surface area (Å²) in [5, 5.41) is 13.1. The monoisotopic (exact) mass is 271 g/mol. The molecule has 0 amide bonds. The molecule has 0 bridgehead atoms. The first-order valence-corrected chi connectivity index (χ1v) is 8.15. The van der Waals surface area contributed by atoms with E-state index in [4.69, 9.17) is 4.74 Å². The molecule has 1 atom stereocenters. The van der Waals surface area contributed by atoms with Gasteiger partial charge < -0.3 is 15.2 Å². The third-order valence-corrected chi connectivity index (χ3v) is 3.96. The van der Waals surface area contributed by atoms with Crippen LogP contribution >= 0.6 is 0 Å². The number of hydrogen-bond donors (Lipinski definition) is 2. The summed E-state index contributed by atoms with van der Waals surface area (Å²) in [6, 6.07) is 0. The molecule has 1 aliphatic rings. The second kappa shape index (κ2) is 10.6. The van der Waals surface area contributed by atoms with Crippen LogP contribution < -0.4 is 5.32 Å². The minimum atomic E-state index is -0.359. The summed E-state index contributed by atoms with van der Waals surface area (Å²) in [6.07, 6.45) is 8.85. The highest BCUT2D eigenvalue weighted by molar-refractivity contribution is 4.68. The van der Waals surface area contributed by atoms with E-state index < -0.39 is 0 Å². The molecule has 0 saturated heterocycles. The van der Waals surface area contributed by atoms with Crippen LogP contribution in [0.5, 0.6) is 0 Å². The predicted molar refractivity (Wildman–Crippen MR) is 80.3 cm³/mol. The maximum atomic E-state index is 9.76. The van der Waals surface area contributed by atoms with Gasteiger partial charge in [-0.2, -0.15) is 0 Å². The Labute approximate surface area is 119 Å². The zero-order valence-corrected chi connectivity index (χ0v) is 12.9. The standard InChI is InChI=1S/C16H33NO2/c1-14(2)6-5-11-19-13-16(18)12-17-10-9-15-7-3-4-8-15/h14-18H,3-13H2,1-2H3. The van der Waals surface area contributed by atoms with Crippen LogP contribution in [0.2, 0.25) is 0 Å². The van der Waals surface area contributed by atoms with E-state index in [1.165, 1.54) is 38.5 Å². The summed E-state index contributed by atoms with van der Waals surface area (Å²) >= 11 is 0. The highest BCUT2D eigenvalue weighted by Crippen LogP contribution is 2.26. The Morgan fingerprint density at radius 3 is 2.68 bits per heavy atom. The van der Waals surface area contributed by atoms with E-state index in [-0.39, 0.29) is 6.10 Å². The molecule has 0 aromatic carbocycles. The van der Waals surface area contributed by atoms with Gasteiger partial charge in [0.05, 0.1) is 12.7 Å². The fourth-order valence-corrected chi connectivity index (χ4v) is 2.75. The minimum Gasteiger partial charge on any atom is -0.389 e. The topological polar surface area (TPSA) is 41.5 Å². The van der Waals surface area contributed by atoms with E-state index in [9.17, 15) is 5.11 Å². The van der Waals surface area contributed by atoms with Gasteiger partial charge in [0.2, 0.25) is 0 Å². The lowest BCUT2D eigenvalue weighted by Gasteiger charge is -2.14. The molecule has 3 nitrogen and oxygen atoms in total. The molecule has 19 heavy (non-hydrogen) atoms. The number of aliphatic hydroxyl groups excluding tert-OH is 1. The van der Waals surface area contributed by atoms with Crippen molar-refractivity contribution in [3.05, 3.63) is 0 Å².